The van der Waals surface area contributed by atoms with Gasteiger partial charge in [0.1, 0.15) is 0 Å². The van der Waals surface area contributed by atoms with E-state index in [1.165, 1.54) is 37.3 Å². The highest BCUT2D eigenvalue weighted by Gasteiger charge is 1.94. The van der Waals surface area contributed by atoms with Crippen molar-refractivity contribution < 1.29 is 4.79 Å². The van der Waals surface area contributed by atoms with E-state index in [-0.39, 0.29) is 0 Å². The highest BCUT2D eigenvalue weighted by molar-refractivity contribution is 6.66. The molecule has 0 aliphatic rings. The minimum Gasteiger partial charge on any atom is -0.276 e. The molecule has 0 atom stereocenters. The third-order valence-corrected chi connectivity index (χ3v) is 2.83. The second kappa shape index (κ2) is 8.08. The third-order valence-electron chi connectivity index (χ3n) is 2.71. The van der Waals surface area contributed by atoms with Gasteiger partial charge < -0.3 is 0 Å². The molecule has 0 spiro atoms. The van der Waals surface area contributed by atoms with Crippen molar-refractivity contribution in [2.45, 2.75) is 39.0 Å². The van der Waals surface area contributed by atoms with Gasteiger partial charge in [0.15, 0.2) is 0 Å². The van der Waals surface area contributed by atoms with Gasteiger partial charge in [-0.05, 0) is 41.6 Å². The summed E-state index contributed by atoms with van der Waals surface area (Å²) in [5.74, 6) is 0. The number of rotatable bonds is 7. The molecule has 0 saturated carbocycles. The first-order valence-corrected chi connectivity index (χ1v) is 6.56. The van der Waals surface area contributed by atoms with Gasteiger partial charge in [0.2, 0.25) is 5.24 Å². The molecule has 0 heterocycles. The summed E-state index contributed by atoms with van der Waals surface area (Å²) >= 11 is 5.23. The zero-order chi connectivity index (χ0) is 12.5. The normalized spacial score (nSPS) is 10.9. The lowest BCUT2D eigenvalue weighted by molar-refractivity contribution is -0.107. The molecular weight excluding hydrogens is 232 g/mol. The van der Waals surface area contributed by atoms with E-state index >= 15 is 0 Å². The van der Waals surface area contributed by atoms with E-state index in [4.69, 9.17) is 11.6 Å². The molecule has 0 N–H and O–H groups in total. The van der Waals surface area contributed by atoms with Crippen LogP contribution in [-0.2, 0) is 11.2 Å². The Balaban J connectivity index is 2.42. The number of unbranched alkanes of at least 4 members (excludes halogenated alkanes) is 3. The Labute approximate surface area is 108 Å². The number of halogens is 1. The Morgan fingerprint density at radius 3 is 2.47 bits per heavy atom. The number of hydrogen-bond donors (Lipinski definition) is 0. The van der Waals surface area contributed by atoms with E-state index in [1.54, 1.807) is 6.08 Å². The lowest BCUT2D eigenvalue weighted by Gasteiger charge is -2.01. The van der Waals surface area contributed by atoms with Crippen LogP contribution >= 0.6 is 11.6 Å². The van der Waals surface area contributed by atoms with Crippen molar-refractivity contribution in [1.82, 2.24) is 0 Å². The molecule has 0 radical (unpaired) electrons. The Morgan fingerprint density at radius 2 is 1.88 bits per heavy atom. The highest BCUT2D eigenvalue weighted by Crippen LogP contribution is 2.10. The first-order chi connectivity index (χ1) is 8.22. The van der Waals surface area contributed by atoms with E-state index in [0.717, 1.165) is 12.0 Å². The number of allylic oxidation sites excluding steroid dienone is 1. The number of hydrogen-bond acceptors (Lipinski definition) is 1. The second-order valence-corrected chi connectivity index (χ2v) is 4.56. The Morgan fingerprint density at radius 1 is 1.18 bits per heavy atom. The highest BCUT2D eigenvalue weighted by atomic mass is 35.5. The zero-order valence-electron chi connectivity index (χ0n) is 10.3. The van der Waals surface area contributed by atoms with Gasteiger partial charge in [-0.1, -0.05) is 56.5 Å². The van der Waals surface area contributed by atoms with Crippen molar-refractivity contribution in [1.29, 1.82) is 0 Å². The molecule has 0 aliphatic heterocycles. The molecular formula is C15H19ClO. The number of carbonyl (C=O) groups excluding carboxylic acids is 1. The molecule has 92 valence electrons. The van der Waals surface area contributed by atoms with Crippen LogP contribution in [0.2, 0.25) is 0 Å². The first-order valence-electron chi connectivity index (χ1n) is 6.19. The maximum absolute atomic E-state index is 10.6. The number of benzene rings is 1. The van der Waals surface area contributed by atoms with E-state index in [9.17, 15) is 4.79 Å². The number of carbonyl (C=O) groups is 1. The standard InChI is InChI=1S/C15H19ClO/c1-2-3-4-5-6-13-7-9-14(10-8-13)11-12-15(16)17/h7-12H,2-6H2,1H3/b12-11+. The van der Waals surface area contributed by atoms with E-state index in [0.29, 0.717) is 0 Å². The fourth-order valence-corrected chi connectivity index (χ4v) is 1.78. The molecule has 0 unspecified atom stereocenters. The summed E-state index contributed by atoms with van der Waals surface area (Å²) in [6.45, 7) is 2.22. The van der Waals surface area contributed by atoms with Gasteiger partial charge in [-0.25, -0.2) is 0 Å². The Hall–Kier alpha value is -1.08. The summed E-state index contributed by atoms with van der Waals surface area (Å²) in [5, 5.41) is -0.436. The molecule has 2 heteroatoms. The van der Waals surface area contributed by atoms with Gasteiger partial charge in [-0.3, -0.25) is 4.79 Å². The summed E-state index contributed by atoms with van der Waals surface area (Å²) in [4.78, 5) is 10.6. The molecule has 0 saturated heterocycles. The van der Waals surface area contributed by atoms with Crippen LogP contribution < -0.4 is 0 Å². The van der Waals surface area contributed by atoms with Gasteiger partial charge in [-0.15, -0.1) is 0 Å². The van der Waals surface area contributed by atoms with Crippen LogP contribution in [0.25, 0.3) is 6.08 Å². The molecule has 0 amide bonds. The van der Waals surface area contributed by atoms with Gasteiger partial charge in [0.05, 0.1) is 0 Å². The maximum Gasteiger partial charge on any atom is 0.245 e. The average molecular weight is 251 g/mol. The van der Waals surface area contributed by atoms with E-state index < -0.39 is 5.24 Å². The molecule has 0 fully saturated rings. The van der Waals surface area contributed by atoms with E-state index in [1.807, 2.05) is 12.1 Å². The van der Waals surface area contributed by atoms with Crippen molar-refractivity contribution in [2.24, 2.45) is 0 Å². The summed E-state index contributed by atoms with van der Waals surface area (Å²) in [6.07, 6.45) is 9.39. The average Bonchev–Trinajstić information content (AvgIpc) is 2.33. The number of aryl methyl sites for hydroxylation is 1. The summed E-state index contributed by atoms with van der Waals surface area (Å²) in [6, 6.07) is 8.27. The summed E-state index contributed by atoms with van der Waals surface area (Å²) in [5.41, 5.74) is 2.37. The van der Waals surface area contributed by atoms with Crippen molar-refractivity contribution in [2.75, 3.05) is 0 Å². The predicted octanol–water partition coefficient (Wildman–Crippen LogP) is 4.59. The van der Waals surface area contributed by atoms with Crippen LogP contribution in [0.4, 0.5) is 0 Å². The minimum atomic E-state index is -0.436. The molecule has 0 aromatic heterocycles. The minimum absolute atomic E-state index is 0.436. The molecule has 1 aromatic carbocycles. The smallest absolute Gasteiger partial charge is 0.245 e. The molecule has 1 aromatic rings. The lowest BCUT2D eigenvalue weighted by atomic mass is 10.0. The molecule has 1 nitrogen and oxygen atoms in total. The maximum atomic E-state index is 10.6. The Bertz CT molecular complexity index is 365. The fraction of sp³-hybridized carbons (Fsp3) is 0.400. The lowest BCUT2D eigenvalue weighted by Crippen LogP contribution is -1.86. The fourth-order valence-electron chi connectivity index (χ4n) is 1.71. The van der Waals surface area contributed by atoms with Crippen molar-refractivity contribution in [3.8, 4) is 0 Å². The van der Waals surface area contributed by atoms with Crippen LogP contribution in [0, 0.1) is 0 Å². The van der Waals surface area contributed by atoms with Gasteiger partial charge in [0, 0.05) is 0 Å². The second-order valence-electron chi connectivity index (χ2n) is 4.19. The van der Waals surface area contributed by atoms with E-state index in [2.05, 4.69) is 19.1 Å². The first kappa shape index (κ1) is 14.0. The quantitative estimate of drug-likeness (QED) is 0.393. The zero-order valence-corrected chi connectivity index (χ0v) is 11.0. The molecule has 1 rings (SSSR count). The van der Waals surface area contributed by atoms with Crippen molar-refractivity contribution in [3.05, 3.63) is 41.5 Å². The topological polar surface area (TPSA) is 17.1 Å². The Kier molecular flexibility index (Phi) is 6.64. The van der Waals surface area contributed by atoms with Crippen molar-refractivity contribution in [3.63, 3.8) is 0 Å². The largest absolute Gasteiger partial charge is 0.276 e. The molecule has 0 bridgehead atoms. The molecule has 0 aliphatic carbocycles. The van der Waals surface area contributed by atoms with Crippen LogP contribution in [0.15, 0.2) is 30.3 Å². The monoisotopic (exact) mass is 250 g/mol. The predicted molar refractivity (Wildman–Crippen MR) is 74.2 cm³/mol. The van der Waals surface area contributed by atoms with Gasteiger partial charge >= 0.3 is 0 Å². The summed E-state index contributed by atoms with van der Waals surface area (Å²) in [7, 11) is 0. The SMILES string of the molecule is CCCCCCc1ccc(/C=C/C(=O)Cl)cc1. The van der Waals surface area contributed by atoms with Crippen LogP contribution in [0.1, 0.15) is 43.7 Å². The van der Waals surface area contributed by atoms with Crippen LogP contribution in [0.3, 0.4) is 0 Å². The van der Waals surface area contributed by atoms with Crippen LogP contribution in [0.5, 0.6) is 0 Å². The van der Waals surface area contributed by atoms with Gasteiger partial charge in [0.25, 0.3) is 0 Å². The van der Waals surface area contributed by atoms with Crippen LogP contribution in [-0.4, -0.2) is 5.24 Å². The third kappa shape index (κ3) is 6.28. The van der Waals surface area contributed by atoms with Gasteiger partial charge in [-0.2, -0.15) is 0 Å². The van der Waals surface area contributed by atoms with Crippen molar-refractivity contribution >= 4 is 22.9 Å². The summed E-state index contributed by atoms with van der Waals surface area (Å²) < 4.78 is 0. The molecule has 17 heavy (non-hydrogen) atoms.